The van der Waals surface area contributed by atoms with E-state index < -0.39 is 5.91 Å². The average Bonchev–Trinajstić information content (AvgIpc) is 3.26. The van der Waals surface area contributed by atoms with Crippen molar-refractivity contribution < 1.29 is 9.59 Å². The molecule has 23 heavy (non-hydrogen) atoms. The Bertz CT molecular complexity index is 864. The monoisotopic (exact) mass is 345 g/mol. The van der Waals surface area contributed by atoms with Crippen LogP contribution in [0, 0.1) is 0 Å². The number of H-pyrrole nitrogens is 1. The fraction of sp³-hybridized carbons (Fsp3) is 0.250. The molecule has 0 radical (unpaired) electrons. The predicted molar refractivity (Wildman–Crippen MR) is 92.0 cm³/mol. The minimum absolute atomic E-state index is 0.0184. The molecule has 4 rings (SSSR count). The molecule has 118 valence electrons. The van der Waals surface area contributed by atoms with Gasteiger partial charge in [-0.1, -0.05) is 0 Å². The molecule has 1 saturated heterocycles. The summed E-state index contributed by atoms with van der Waals surface area (Å²) in [5, 5.41) is 2.01. The normalized spacial score (nSPS) is 17.9. The number of aromatic amines is 1. The van der Waals surface area contributed by atoms with Crippen molar-refractivity contribution in [1.82, 2.24) is 9.88 Å². The number of thiophene rings is 2. The highest BCUT2D eigenvalue weighted by molar-refractivity contribution is 7.17. The van der Waals surface area contributed by atoms with Crippen molar-refractivity contribution in [2.75, 3.05) is 6.54 Å². The van der Waals surface area contributed by atoms with Crippen molar-refractivity contribution >= 4 is 44.7 Å². The van der Waals surface area contributed by atoms with Gasteiger partial charge in [-0.05, 0) is 42.5 Å². The standard InChI is InChI=1S/C16H15N3O2S2/c17-15(20)13-4-3-12(23-13)11-2-1-6-19(11)16(21)10-8-14-9(18-10)5-7-22-14/h3-5,7-8,11,18H,1-2,6H2,(H2,17,20). The molecule has 7 heteroatoms. The molecule has 2 amide bonds. The van der Waals surface area contributed by atoms with E-state index in [1.54, 1.807) is 17.4 Å². The summed E-state index contributed by atoms with van der Waals surface area (Å²) in [6.45, 7) is 0.736. The van der Waals surface area contributed by atoms with Gasteiger partial charge in [-0.2, -0.15) is 0 Å². The number of aromatic nitrogens is 1. The number of hydrogen-bond acceptors (Lipinski definition) is 4. The Morgan fingerprint density at radius 3 is 2.91 bits per heavy atom. The van der Waals surface area contributed by atoms with Crippen molar-refractivity contribution in [1.29, 1.82) is 0 Å². The topological polar surface area (TPSA) is 79.2 Å². The Kier molecular flexibility index (Phi) is 3.46. The first-order valence-corrected chi connectivity index (χ1v) is 9.10. The van der Waals surface area contributed by atoms with Gasteiger partial charge in [0, 0.05) is 11.4 Å². The van der Waals surface area contributed by atoms with Crippen molar-refractivity contribution in [3.8, 4) is 0 Å². The molecule has 3 N–H and O–H groups in total. The summed E-state index contributed by atoms with van der Waals surface area (Å²) in [5.41, 5.74) is 6.96. The van der Waals surface area contributed by atoms with Gasteiger partial charge in [0.25, 0.3) is 11.8 Å². The predicted octanol–water partition coefficient (Wildman–Crippen LogP) is 3.37. The van der Waals surface area contributed by atoms with Gasteiger partial charge in [-0.3, -0.25) is 9.59 Å². The highest BCUT2D eigenvalue weighted by Crippen LogP contribution is 2.37. The highest BCUT2D eigenvalue weighted by Gasteiger charge is 2.32. The maximum Gasteiger partial charge on any atom is 0.270 e. The Labute approximate surface area is 140 Å². The van der Waals surface area contributed by atoms with Crippen molar-refractivity contribution in [3.05, 3.63) is 45.1 Å². The molecule has 5 nitrogen and oxygen atoms in total. The molecule has 1 fully saturated rings. The first-order chi connectivity index (χ1) is 11.1. The Balaban J connectivity index is 1.62. The van der Waals surface area contributed by atoms with E-state index in [-0.39, 0.29) is 11.9 Å². The second kappa shape index (κ2) is 5.50. The van der Waals surface area contributed by atoms with E-state index in [0.29, 0.717) is 10.6 Å². The van der Waals surface area contributed by atoms with Gasteiger partial charge >= 0.3 is 0 Å². The largest absolute Gasteiger partial charge is 0.365 e. The van der Waals surface area contributed by atoms with Gasteiger partial charge in [0.05, 0.1) is 21.1 Å². The quantitative estimate of drug-likeness (QED) is 0.763. The minimum atomic E-state index is -0.415. The van der Waals surface area contributed by atoms with Crippen LogP contribution in [0.15, 0.2) is 29.6 Å². The molecule has 3 aromatic rings. The van der Waals surface area contributed by atoms with E-state index in [1.807, 2.05) is 28.5 Å². The number of amides is 2. The summed E-state index contributed by atoms with van der Waals surface area (Å²) >= 11 is 3.01. The first kappa shape index (κ1) is 14.5. The zero-order valence-electron chi connectivity index (χ0n) is 12.2. The molecule has 3 aromatic heterocycles. The molecular formula is C16H15N3O2S2. The number of nitrogens with zero attached hydrogens (tertiary/aromatic N) is 1. The van der Waals surface area contributed by atoms with E-state index in [9.17, 15) is 9.59 Å². The van der Waals surface area contributed by atoms with Gasteiger partial charge < -0.3 is 15.6 Å². The molecule has 4 heterocycles. The lowest BCUT2D eigenvalue weighted by atomic mass is 10.2. The van der Waals surface area contributed by atoms with Crippen LogP contribution in [0.2, 0.25) is 0 Å². The van der Waals surface area contributed by atoms with Crippen LogP contribution < -0.4 is 5.73 Å². The Morgan fingerprint density at radius 1 is 1.30 bits per heavy atom. The molecular weight excluding hydrogens is 330 g/mol. The summed E-state index contributed by atoms with van der Waals surface area (Å²) in [6.07, 6.45) is 1.88. The van der Waals surface area contributed by atoms with E-state index in [0.717, 1.165) is 34.5 Å². The third-order valence-corrected chi connectivity index (χ3v) is 6.25. The van der Waals surface area contributed by atoms with Crippen LogP contribution in [-0.2, 0) is 0 Å². The maximum absolute atomic E-state index is 12.9. The summed E-state index contributed by atoms with van der Waals surface area (Å²) < 4.78 is 1.09. The molecule has 0 saturated carbocycles. The Hall–Kier alpha value is -2.12. The number of hydrogen-bond donors (Lipinski definition) is 2. The summed E-state index contributed by atoms with van der Waals surface area (Å²) in [6, 6.07) is 7.58. The number of rotatable bonds is 3. The number of carbonyl (C=O) groups is 2. The molecule has 1 aliphatic rings. The molecule has 1 unspecified atom stereocenters. The third-order valence-electron chi connectivity index (χ3n) is 4.18. The van der Waals surface area contributed by atoms with E-state index in [1.165, 1.54) is 11.3 Å². The number of nitrogens with two attached hydrogens (primary N) is 1. The van der Waals surface area contributed by atoms with Crippen LogP contribution in [0.3, 0.4) is 0 Å². The van der Waals surface area contributed by atoms with Gasteiger partial charge in [0.1, 0.15) is 5.69 Å². The van der Waals surface area contributed by atoms with Gasteiger partial charge in [0.15, 0.2) is 0 Å². The van der Waals surface area contributed by atoms with Crippen LogP contribution in [0.1, 0.15) is 43.9 Å². The molecule has 0 aliphatic carbocycles. The fourth-order valence-electron chi connectivity index (χ4n) is 3.09. The molecule has 0 bridgehead atoms. The van der Waals surface area contributed by atoms with Gasteiger partial charge in [0.2, 0.25) is 0 Å². The van der Waals surface area contributed by atoms with Crippen LogP contribution in [-0.4, -0.2) is 28.2 Å². The molecule has 1 atom stereocenters. The molecule has 1 aliphatic heterocycles. The Morgan fingerprint density at radius 2 is 2.17 bits per heavy atom. The average molecular weight is 345 g/mol. The lowest BCUT2D eigenvalue weighted by Crippen LogP contribution is -2.30. The van der Waals surface area contributed by atoms with E-state index in [2.05, 4.69) is 4.98 Å². The fourth-order valence-corrected chi connectivity index (χ4v) is 4.88. The highest BCUT2D eigenvalue weighted by atomic mass is 32.1. The maximum atomic E-state index is 12.9. The number of primary amides is 1. The van der Waals surface area contributed by atoms with Crippen molar-refractivity contribution in [2.24, 2.45) is 5.73 Å². The first-order valence-electron chi connectivity index (χ1n) is 7.40. The third kappa shape index (κ3) is 2.46. The van der Waals surface area contributed by atoms with Crippen LogP contribution in [0.4, 0.5) is 0 Å². The second-order valence-corrected chi connectivity index (χ2v) is 7.67. The molecule has 0 spiro atoms. The zero-order valence-corrected chi connectivity index (χ0v) is 13.9. The minimum Gasteiger partial charge on any atom is -0.365 e. The van der Waals surface area contributed by atoms with Crippen LogP contribution in [0.5, 0.6) is 0 Å². The summed E-state index contributed by atoms with van der Waals surface area (Å²) in [5.74, 6) is -0.397. The lowest BCUT2D eigenvalue weighted by molar-refractivity contribution is 0.0732. The number of carbonyl (C=O) groups excluding carboxylic acids is 2. The lowest BCUT2D eigenvalue weighted by Gasteiger charge is -2.23. The number of fused-ring (bicyclic) bond motifs is 1. The molecule has 0 aromatic carbocycles. The smallest absolute Gasteiger partial charge is 0.270 e. The van der Waals surface area contributed by atoms with Crippen LogP contribution >= 0.6 is 22.7 Å². The van der Waals surface area contributed by atoms with Crippen molar-refractivity contribution in [2.45, 2.75) is 18.9 Å². The van der Waals surface area contributed by atoms with E-state index >= 15 is 0 Å². The number of likely N-dealkylation sites (tertiary alicyclic amines) is 1. The van der Waals surface area contributed by atoms with Crippen LogP contribution in [0.25, 0.3) is 10.2 Å². The van der Waals surface area contributed by atoms with E-state index in [4.69, 9.17) is 5.73 Å². The summed E-state index contributed by atoms with van der Waals surface area (Å²) in [4.78, 5) is 30.8. The van der Waals surface area contributed by atoms with Gasteiger partial charge in [-0.15, -0.1) is 22.7 Å². The number of nitrogens with one attached hydrogen (secondary N) is 1. The second-order valence-electron chi connectivity index (χ2n) is 5.60. The van der Waals surface area contributed by atoms with Crippen molar-refractivity contribution in [3.63, 3.8) is 0 Å². The van der Waals surface area contributed by atoms with Gasteiger partial charge in [-0.25, -0.2) is 0 Å². The SMILES string of the molecule is NC(=O)c1ccc(C2CCCN2C(=O)c2cc3sccc3[nH]2)s1. The summed E-state index contributed by atoms with van der Waals surface area (Å²) in [7, 11) is 0. The zero-order chi connectivity index (χ0) is 16.0.